The van der Waals surface area contributed by atoms with Gasteiger partial charge in [0.1, 0.15) is 30.0 Å². The van der Waals surface area contributed by atoms with Crippen molar-refractivity contribution in [2.75, 3.05) is 5.32 Å². The van der Waals surface area contributed by atoms with Gasteiger partial charge in [-0.05, 0) is 42.0 Å². The molecule has 0 spiro atoms. The van der Waals surface area contributed by atoms with Crippen LogP contribution in [-0.4, -0.2) is 19.7 Å². The Morgan fingerprint density at radius 3 is 2.74 bits per heavy atom. The molecule has 6 rings (SSSR count). The number of fused-ring (bicyclic) bond motifs is 3. The minimum absolute atomic E-state index is 0.326. The SMILES string of the molecule is Fc1ccccc1[C@@H]1C2=C(Nc3ncnn31)c1cc(Cl)ccc1O[C@H]2c1ccncc1. The van der Waals surface area contributed by atoms with E-state index in [0.717, 1.165) is 22.4 Å². The molecule has 0 aliphatic carbocycles. The van der Waals surface area contributed by atoms with E-state index in [4.69, 9.17) is 16.3 Å². The number of nitrogens with one attached hydrogen (secondary N) is 1. The average Bonchev–Trinajstić information content (AvgIpc) is 3.27. The van der Waals surface area contributed by atoms with Crippen LogP contribution in [0.15, 0.2) is 78.9 Å². The van der Waals surface area contributed by atoms with Gasteiger partial charge >= 0.3 is 0 Å². The number of halogens is 2. The number of anilines is 1. The monoisotopic (exact) mass is 431 g/mol. The zero-order chi connectivity index (χ0) is 20.9. The Hall–Kier alpha value is -3.71. The predicted octanol–water partition coefficient (Wildman–Crippen LogP) is 5.03. The van der Waals surface area contributed by atoms with Gasteiger partial charge in [-0.2, -0.15) is 10.1 Å². The summed E-state index contributed by atoms with van der Waals surface area (Å²) in [7, 11) is 0. The Morgan fingerprint density at radius 2 is 1.90 bits per heavy atom. The van der Waals surface area contributed by atoms with E-state index in [-0.39, 0.29) is 5.82 Å². The lowest BCUT2D eigenvalue weighted by Crippen LogP contribution is -2.32. The van der Waals surface area contributed by atoms with Gasteiger partial charge in [-0.3, -0.25) is 4.98 Å². The molecule has 0 saturated carbocycles. The Balaban J connectivity index is 1.67. The summed E-state index contributed by atoms with van der Waals surface area (Å²) in [4.78, 5) is 8.47. The van der Waals surface area contributed by atoms with Gasteiger partial charge in [-0.25, -0.2) is 9.07 Å². The van der Waals surface area contributed by atoms with Crippen molar-refractivity contribution in [3.63, 3.8) is 0 Å². The van der Waals surface area contributed by atoms with Crippen molar-refractivity contribution in [3.05, 3.63) is 106 Å². The molecule has 31 heavy (non-hydrogen) atoms. The number of rotatable bonds is 2. The van der Waals surface area contributed by atoms with Gasteiger partial charge in [0.05, 0.1) is 5.70 Å². The molecule has 0 radical (unpaired) electrons. The van der Waals surface area contributed by atoms with Crippen molar-refractivity contribution in [1.29, 1.82) is 0 Å². The summed E-state index contributed by atoms with van der Waals surface area (Å²) < 4.78 is 23.2. The number of nitrogens with zero attached hydrogens (tertiary/aromatic N) is 4. The molecule has 4 aromatic rings. The normalized spacial score (nSPS) is 19.0. The van der Waals surface area contributed by atoms with Crippen LogP contribution in [0.3, 0.4) is 0 Å². The second-order valence-electron chi connectivity index (χ2n) is 7.33. The lowest BCUT2D eigenvalue weighted by Gasteiger charge is -2.39. The number of hydrogen-bond donors (Lipinski definition) is 1. The van der Waals surface area contributed by atoms with Crippen LogP contribution in [0, 0.1) is 5.82 Å². The van der Waals surface area contributed by atoms with Crippen molar-refractivity contribution in [3.8, 4) is 5.75 Å². The number of benzene rings is 2. The molecular formula is C23H15ClFN5O. The molecule has 2 atom stereocenters. The van der Waals surface area contributed by atoms with E-state index in [1.807, 2.05) is 30.3 Å². The lowest BCUT2D eigenvalue weighted by molar-refractivity contribution is 0.222. The number of aromatic nitrogens is 4. The highest BCUT2D eigenvalue weighted by Crippen LogP contribution is 2.51. The molecule has 2 aliphatic heterocycles. The molecule has 1 N–H and O–H groups in total. The molecular weight excluding hydrogens is 417 g/mol. The zero-order valence-electron chi connectivity index (χ0n) is 16.0. The van der Waals surface area contributed by atoms with Crippen LogP contribution in [0.1, 0.15) is 28.8 Å². The summed E-state index contributed by atoms with van der Waals surface area (Å²) in [6.45, 7) is 0. The maximum atomic E-state index is 15.0. The van der Waals surface area contributed by atoms with E-state index in [1.54, 1.807) is 35.3 Å². The number of hydrogen-bond acceptors (Lipinski definition) is 5. The van der Waals surface area contributed by atoms with Crippen LogP contribution >= 0.6 is 11.6 Å². The van der Waals surface area contributed by atoms with Crippen molar-refractivity contribution in [1.82, 2.24) is 19.7 Å². The van der Waals surface area contributed by atoms with Gasteiger partial charge in [0.2, 0.25) is 5.95 Å². The number of ether oxygens (including phenoxy) is 1. The molecule has 0 bridgehead atoms. The first-order chi connectivity index (χ1) is 15.2. The smallest absolute Gasteiger partial charge is 0.226 e. The molecule has 152 valence electrons. The summed E-state index contributed by atoms with van der Waals surface area (Å²) in [5.74, 6) is 0.874. The fourth-order valence-corrected chi connectivity index (χ4v) is 4.42. The third-order valence-corrected chi connectivity index (χ3v) is 5.82. The fourth-order valence-electron chi connectivity index (χ4n) is 4.25. The Bertz CT molecular complexity index is 1340. The van der Waals surface area contributed by atoms with Crippen molar-refractivity contribution >= 4 is 23.2 Å². The molecule has 0 fully saturated rings. The van der Waals surface area contributed by atoms with Crippen LogP contribution in [-0.2, 0) is 0 Å². The van der Waals surface area contributed by atoms with E-state index < -0.39 is 12.1 Å². The van der Waals surface area contributed by atoms with Crippen LogP contribution in [0.5, 0.6) is 5.75 Å². The van der Waals surface area contributed by atoms with E-state index in [1.165, 1.54) is 12.4 Å². The summed E-state index contributed by atoms with van der Waals surface area (Å²) >= 11 is 6.31. The highest BCUT2D eigenvalue weighted by atomic mass is 35.5. The molecule has 2 aromatic heterocycles. The summed E-state index contributed by atoms with van der Waals surface area (Å²) in [5.41, 5.74) is 3.79. The van der Waals surface area contributed by atoms with E-state index in [0.29, 0.717) is 22.3 Å². The quantitative estimate of drug-likeness (QED) is 0.482. The van der Waals surface area contributed by atoms with Gasteiger partial charge in [0.15, 0.2) is 0 Å². The fraction of sp³-hybridized carbons (Fsp3) is 0.0870. The molecule has 0 saturated heterocycles. The third kappa shape index (κ3) is 2.81. The van der Waals surface area contributed by atoms with Crippen molar-refractivity contribution in [2.45, 2.75) is 12.1 Å². The predicted molar refractivity (Wildman–Crippen MR) is 114 cm³/mol. The first-order valence-corrected chi connectivity index (χ1v) is 10.1. The summed E-state index contributed by atoms with van der Waals surface area (Å²) in [6, 6.07) is 15.4. The minimum atomic E-state index is -0.555. The van der Waals surface area contributed by atoms with Crippen molar-refractivity contribution in [2.24, 2.45) is 0 Å². The maximum Gasteiger partial charge on any atom is 0.226 e. The van der Waals surface area contributed by atoms with Crippen LogP contribution in [0.25, 0.3) is 5.70 Å². The largest absolute Gasteiger partial charge is 0.480 e. The van der Waals surface area contributed by atoms with E-state index in [2.05, 4.69) is 20.4 Å². The Labute approximate surface area is 182 Å². The third-order valence-electron chi connectivity index (χ3n) is 5.58. The highest BCUT2D eigenvalue weighted by molar-refractivity contribution is 6.30. The second kappa shape index (κ2) is 6.92. The van der Waals surface area contributed by atoms with Crippen molar-refractivity contribution < 1.29 is 9.13 Å². The molecule has 2 aliphatic rings. The average molecular weight is 432 g/mol. The summed E-state index contributed by atoms with van der Waals surface area (Å²) in [5, 5.41) is 8.35. The first kappa shape index (κ1) is 18.1. The first-order valence-electron chi connectivity index (χ1n) is 9.72. The summed E-state index contributed by atoms with van der Waals surface area (Å²) in [6.07, 6.45) is 4.40. The zero-order valence-corrected chi connectivity index (χ0v) is 16.8. The van der Waals surface area contributed by atoms with E-state index >= 15 is 4.39 Å². The Morgan fingerprint density at radius 1 is 1.06 bits per heavy atom. The second-order valence-corrected chi connectivity index (χ2v) is 7.76. The van der Waals surface area contributed by atoms with Gasteiger partial charge in [0, 0.05) is 34.1 Å². The molecule has 6 nitrogen and oxygen atoms in total. The molecule has 0 amide bonds. The molecule has 4 heterocycles. The topological polar surface area (TPSA) is 64.9 Å². The van der Waals surface area contributed by atoms with Crippen LogP contribution < -0.4 is 10.1 Å². The molecule has 2 aromatic carbocycles. The molecule has 0 unspecified atom stereocenters. The minimum Gasteiger partial charge on any atom is -0.480 e. The van der Waals surface area contributed by atoms with E-state index in [9.17, 15) is 0 Å². The molecule has 8 heteroatoms. The van der Waals surface area contributed by atoms with Gasteiger partial charge < -0.3 is 10.1 Å². The van der Waals surface area contributed by atoms with Crippen LogP contribution in [0.4, 0.5) is 10.3 Å². The maximum absolute atomic E-state index is 15.0. The van der Waals surface area contributed by atoms with Gasteiger partial charge in [-0.15, -0.1) is 0 Å². The van der Waals surface area contributed by atoms with Crippen LogP contribution in [0.2, 0.25) is 5.02 Å². The lowest BCUT2D eigenvalue weighted by atomic mass is 9.84. The Kier molecular flexibility index (Phi) is 4.04. The van der Waals surface area contributed by atoms with Gasteiger partial charge in [0.25, 0.3) is 0 Å². The highest BCUT2D eigenvalue weighted by Gasteiger charge is 2.41. The number of pyridine rings is 1. The van der Waals surface area contributed by atoms with Gasteiger partial charge in [-0.1, -0.05) is 29.8 Å². The standard InChI is InChI=1S/C23H15ClFN5O/c24-14-5-6-18-16(11-14)20-19(22(31-18)13-7-9-26-10-8-13)21(15-3-1-2-4-17(15)25)30-23(29-20)27-12-28-30/h1-12,21-22H,(H,27,28,29)/t21-,22+/m1/s1.